The Morgan fingerprint density at radius 3 is 2.40 bits per heavy atom. The second-order valence-corrected chi connectivity index (χ2v) is 4.62. The minimum atomic E-state index is -0.244. The molecule has 0 saturated heterocycles. The molecular formula is C12H19NO2. The average Bonchev–Trinajstić information content (AvgIpc) is 3.01. The quantitative estimate of drug-likeness (QED) is 0.572. The molecular weight excluding hydrogens is 190 g/mol. The van der Waals surface area contributed by atoms with Crippen LogP contribution in [0.25, 0.3) is 0 Å². The molecule has 0 radical (unpaired) electrons. The molecule has 0 spiro atoms. The van der Waals surface area contributed by atoms with Gasteiger partial charge in [0.1, 0.15) is 6.10 Å². The third-order valence-corrected chi connectivity index (χ3v) is 3.17. The third kappa shape index (κ3) is 3.26. The van der Waals surface area contributed by atoms with Gasteiger partial charge < -0.3 is 10.5 Å². The molecule has 0 bridgehead atoms. The lowest BCUT2D eigenvalue weighted by Crippen LogP contribution is -2.20. The summed E-state index contributed by atoms with van der Waals surface area (Å²) >= 11 is 0. The average molecular weight is 209 g/mol. The number of nitrogens with two attached hydrogens (primary N) is 1. The van der Waals surface area contributed by atoms with Gasteiger partial charge in [-0.3, -0.25) is 0 Å². The third-order valence-electron chi connectivity index (χ3n) is 3.17. The Labute approximate surface area is 90.7 Å². The normalized spacial score (nSPS) is 23.9. The van der Waals surface area contributed by atoms with Crippen molar-refractivity contribution in [2.45, 2.75) is 51.0 Å². The molecule has 0 aromatic rings. The van der Waals surface area contributed by atoms with Gasteiger partial charge in [-0.2, -0.15) is 0 Å². The molecule has 2 aliphatic carbocycles. The molecule has 3 heteroatoms. The van der Waals surface area contributed by atoms with Gasteiger partial charge in [0.15, 0.2) is 0 Å². The zero-order valence-electron chi connectivity index (χ0n) is 9.08. The second kappa shape index (κ2) is 4.69. The SMILES string of the molecule is N/C(=C\C(=O)OC1CCCCC1)C1CC1. The van der Waals surface area contributed by atoms with Gasteiger partial charge in [-0.1, -0.05) is 6.42 Å². The molecule has 2 aliphatic rings. The van der Waals surface area contributed by atoms with Crippen LogP contribution < -0.4 is 5.73 Å². The first kappa shape index (κ1) is 10.5. The fraction of sp³-hybridized carbons (Fsp3) is 0.750. The molecule has 0 aromatic carbocycles. The zero-order chi connectivity index (χ0) is 10.7. The number of carbonyl (C=O) groups excluding carboxylic acids is 1. The molecule has 15 heavy (non-hydrogen) atoms. The molecule has 0 amide bonds. The standard InChI is InChI=1S/C12H19NO2/c13-11(9-6-7-9)8-12(14)15-10-4-2-1-3-5-10/h8-10H,1-7,13H2/b11-8-. The highest BCUT2D eigenvalue weighted by atomic mass is 16.5. The number of rotatable bonds is 3. The van der Waals surface area contributed by atoms with Crippen molar-refractivity contribution >= 4 is 5.97 Å². The highest BCUT2D eigenvalue weighted by molar-refractivity contribution is 5.83. The largest absolute Gasteiger partial charge is 0.459 e. The summed E-state index contributed by atoms with van der Waals surface area (Å²) < 4.78 is 5.34. The Hall–Kier alpha value is -0.990. The van der Waals surface area contributed by atoms with Crippen LogP contribution in [0.4, 0.5) is 0 Å². The molecule has 0 aliphatic heterocycles. The molecule has 0 aromatic heterocycles. The van der Waals surface area contributed by atoms with Gasteiger partial charge in [-0.05, 0) is 44.4 Å². The summed E-state index contributed by atoms with van der Waals surface area (Å²) in [6.45, 7) is 0. The fourth-order valence-electron chi connectivity index (χ4n) is 2.05. The first-order chi connectivity index (χ1) is 7.25. The monoisotopic (exact) mass is 209 g/mol. The maximum Gasteiger partial charge on any atom is 0.332 e. The van der Waals surface area contributed by atoms with Gasteiger partial charge in [0.2, 0.25) is 0 Å². The van der Waals surface area contributed by atoms with Crippen molar-refractivity contribution in [3.63, 3.8) is 0 Å². The lowest BCUT2D eigenvalue weighted by atomic mass is 9.98. The summed E-state index contributed by atoms with van der Waals surface area (Å²) in [5.74, 6) is 0.204. The van der Waals surface area contributed by atoms with E-state index in [2.05, 4.69) is 0 Å². The smallest absolute Gasteiger partial charge is 0.332 e. The first-order valence-corrected chi connectivity index (χ1v) is 5.93. The van der Waals surface area contributed by atoms with Crippen LogP contribution in [0, 0.1) is 5.92 Å². The Kier molecular flexibility index (Phi) is 3.29. The summed E-state index contributed by atoms with van der Waals surface area (Å²) in [6, 6.07) is 0. The van der Waals surface area contributed by atoms with E-state index in [1.54, 1.807) is 0 Å². The number of hydrogen-bond donors (Lipinski definition) is 1. The minimum absolute atomic E-state index is 0.134. The topological polar surface area (TPSA) is 52.3 Å². The molecule has 0 unspecified atom stereocenters. The number of carbonyl (C=O) groups is 1. The van der Waals surface area contributed by atoms with Crippen LogP contribution in [-0.2, 0) is 9.53 Å². The summed E-state index contributed by atoms with van der Waals surface area (Å²) in [5.41, 5.74) is 6.45. The zero-order valence-corrected chi connectivity index (χ0v) is 9.08. The van der Waals surface area contributed by atoms with Crippen molar-refractivity contribution in [2.75, 3.05) is 0 Å². The van der Waals surface area contributed by atoms with Crippen molar-refractivity contribution in [2.24, 2.45) is 11.7 Å². The van der Waals surface area contributed by atoms with Crippen LogP contribution in [-0.4, -0.2) is 12.1 Å². The Morgan fingerprint density at radius 2 is 1.80 bits per heavy atom. The molecule has 0 heterocycles. The van der Waals surface area contributed by atoms with Gasteiger partial charge >= 0.3 is 5.97 Å². The number of esters is 1. The fourth-order valence-corrected chi connectivity index (χ4v) is 2.05. The Morgan fingerprint density at radius 1 is 1.13 bits per heavy atom. The number of ether oxygens (including phenoxy) is 1. The molecule has 2 saturated carbocycles. The Bertz CT molecular complexity index is 263. The molecule has 0 atom stereocenters. The van der Waals surface area contributed by atoms with Crippen LogP contribution in [0.3, 0.4) is 0 Å². The molecule has 84 valence electrons. The van der Waals surface area contributed by atoms with E-state index in [1.165, 1.54) is 25.3 Å². The van der Waals surface area contributed by atoms with Crippen molar-refractivity contribution in [3.8, 4) is 0 Å². The highest BCUT2D eigenvalue weighted by Crippen LogP contribution is 2.33. The van der Waals surface area contributed by atoms with E-state index >= 15 is 0 Å². The van der Waals surface area contributed by atoms with E-state index in [0.717, 1.165) is 25.7 Å². The van der Waals surface area contributed by atoms with E-state index in [0.29, 0.717) is 11.6 Å². The predicted octanol–water partition coefficient (Wildman–Crippen LogP) is 2.11. The lowest BCUT2D eigenvalue weighted by molar-refractivity contribution is -0.144. The van der Waals surface area contributed by atoms with Crippen molar-refractivity contribution in [3.05, 3.63) is 11.8 Å². The van der Waals surface area contributed by atoms with Crippen molar-refractivity contribution < 1.29 is 9.53 Å². The van der Waals surface area contributed by atoms with Crippen LogP contribution >= 0.6 is 0 Å². The maximum absolute atomic E-state index is 11.5. The van der Waals surface area contributed by atoms with Crippen LogP contribution in [0.15, 0.2) is 11.8 Å². The summed E-state index contributed by atoms with van der Waals surface area (Å²) in [6.07, 6.45) is 9.53. The van der Waals surface area contributed by atoms with Crippen LogP contribution in [0.1, 0.15) is 44.9 Å². The van der Waals surface area contributed by atoms with Crippen molar-refractivity contribution in [1.82, 2.24) is 0 Å². The summed E-state index contributed by atoms with van der Waals surface area (Å²) in [5, 5.41) is 0. The summed E-state index contributed by atoms with van der Waals surface area (Å²) in [4.78, 5) is 11.5. The van der Waals surface area contributed by atoms with Gasteiger partial charge in [0.05, 0.1) is 0 Å². The lowest BCUT2D eigenvalue weighted by Gasteiger charge is -2.21. The van der Waals surface area contributed by atoms with E-state index in [9.17, 15) is 4.79 Å². The van der Waals surface area contributed by atoms with Gasteiger partial charge in [0, 0.05) is 11.8 Å². The number of hydrogen-bond acceptors (Lipinski definition) is 3. The molecule has 2 fully saturated rings. The molecule has 3 nitrogen and oxygen atoms in total. The summed E-state index contributed by atoms with van der Waals surface area (Å²) in [7, 11) is 0. The Balaban J connectivity index is 1.77. The first-order valence-electron chi connectivity index (χ1n) is 5.93. The van der Waals surface area contributed by atoms with Gasteiger partial charge in [0.25, 0.3) is 0 Å². The van der Waals surface area contributed by atoms with E-state index in [1.807, 2.05) is 0 Å². The minimum Gasteiger partial charge on any atom is -0.459 e. The number of allylic oxidation sites excluding steroid dienone is 1. The van der Waals surface area contributed by atoms with E-state index in [4.69, 9.17) is 10.5 Å². The van der Waals surface area contributed by atoms with Gasteiger partial charge in [-0.25, -0.2) is 4.79 Å². The van der Waals surface area contributed by atoms with Crippen molar-refractivity contribution in [1.29, 1.82) is 0 Å². The molecule has 2 rings (SSSR count). The van der Waals surface area contributed by atoms with E-state index < -0.39 is 0 Å². The highest BCUT2D eigenvalue weighted by Gasteiger charge is 2.25. The van der Waals surface area contributed by atoms with Gasteiger partial charge in [-0.15, -0.1) is 0 Å². The van der Waals surface area contributed by atoms with Crippen LogP contribution in [0.2, 0.25) is 0 Å². The van der Waals surface area contributed by atoms with Crippen LogP contribution in [0.5, 0.6) is 0 Å². The van der Waals surface area contributed by atoms with E-state index in [-0.39, 0.29) is 12.1 Å². The maximum atomic E-state index is 11.5. The molecule has 2 N–H and O–H groups in total. The second-order valence-electron chi connectivity index (χ2n) is 4.62. The predicted molar refractivity (Wildman–Crippen MR) is 58.0 cm³/mol.